The van der Waals surface area contributed by atoms with Gasteiger partial charge in [-0.15, -0.1) is 0 Å². The highest BCUT2D eigenvalue weighted by Crippen LogP contribution is 2.22. The molecular formula is C20H16BrNO. The van der Waals surface area contributed by atoms with E-state index in [1.54, 1.807) is 0 Å². The highest BCUT2D eigenvalue weighted by molar-refractivity contribution is 9.10. The van der Waals surface area contributed by atoms with Crippen molar-refractivity contribution in [2.45, 2.75) is 6.92 Å². The average Bonchev–Trinajstić information content (AvgIpc) is 2.59. The van der Waals surface area contributed by atoms with Crippen LogP contribution in [-0.4, -0.2) is 5.91 Å². The van der Waals surface area contributed by atoms with Crippen molar-refractivity contribution in [2.75, 3.05) is 5.32 Å². The number of hydrogen-bond acceptors (Lipinski definition) is 1. The largest absolute Gasteiger partial charge is 0.322 e. The first kappa shape index (κ1) is 15.5. The van der Waals surface area contributed by atoms with Crippen molar-refractivity contribution in [1.82, 2.24) is 0 Å². The van der Waals surface area contributed by atoms with Crippen LogP contribution in [0.2, 0.25) is 0 Å². The maximum atomic E-state index is 12.3. The molecule has 114 valence electrons. The molecule has 0 unspecified atom stereocenters. The number of carbonyl (C=O) groups excluding carboxylic acids is 1. The van der Waals surface area contributed by atoms with Gasteiger partial charge in [-0.1, -0.05) is 58.4 Å². The Balaban J connectivity index is 1.76. The van der Waals surface area contributed by atoms with Crippen molar-refractivity contribution in [3.05, 3.63) is 88.4 Å². The monoisotopic (exact) mass is 365 g/mol. The summed E-state index contributed by atoms with van der Waals surface area (Å²) in [7, 11) is 0. The van der Waals surface area contributed by atoms with Gasteiger partial charge in [-0.3, -0.25) is 4.79 Å². The van der Waals surface area contributed by atoms with Crippen LogP contribution in [0.4, 0.5) is 5.69 Å². The van der Waals surface area contributed by atoms with Gasteiger partial charge >= 0.3 is 0 Å². The molecule has 23 heavy (non-hydrogen) atoms. The second-order valence-corrected chi connectivity index (χ2v) is 6.22. The standard InChI is InChI=1S/C20H16BrNO/c1-14-13-18(11-12-19(14)21)22-20(23)17-9-7-16(8-10-17)15-5-3-2-4-6-15/h2-13H,1H3,(H,22,23). The zero-order chi connectivity index (χ0) is 16.2. The molecule has 0 aliphatic rings. The summed E-state index contributed by atoms with van der Waals surface area (Å²) in [5.41, 5.74) is 4.76. The van der Waals surface area contributed by atoms with Crippen LogP contribution < -0.4 is 5.32 Å². The molecule has 0 saturated carbocycles. The fourth-order valence-electron chi connectivity index (χ4n) is 2.37. The fraction of sp³-hybridized carbons (Fsp3) is 0.0500. The van der Waals surface area contributed by atoms with Crippen LogP contribution in [-0.2, 0) is 0 Å². The molecule has 0 radical (unpaired) electrons. The van der Waals surface area contributed by atoms with Gasteiger partial charge < -0.3 is 5.32 Å². The Bertz CT molecular complexity index is 826. The van der Waals surface area contributed by atoms with E-state index in [1.807, 2.05) is 67.6 Å². The fourth-order valence-corrected chi connectivity index (χ4v) is 2.62. The van der Waals surface area contributed by atoms with Crippen molar-refractivity contribution >= 4 is 27.5 Å². The van der Waals surface area contributed by atoms with Crippen molar-refractivity contribution < 1.29 is 4.79 Å². The number of hydrogen-bond donors (Lipinski definition) is 1. The van der Waals surface area contributed by atoms with Gasteiger partial charge in [0.05, 0.1) is 0 Å². The van der Waals surface area contributed by atoms with Crippen molar-refractivity contribution in [1.29, 1.82) is 0 Å². The Morgan fingerprint density at radius 1 is 0.870 bits per heavy atom. The van der Waals surface area contributed by atoms with Crippen LogP contribution in [0.15, 0.2) is 77.3 Å². The van der Waals surface area contributed by atoms with Crippen molar-refractivity contribution in [3.63, 3.8) is 0 Å². The van der Waals surface area contributed by atoms with E-state index in [0.717, 1.165) is 26.9 Å². The lowest BCUT2D eigenvalue weighted by Crippen LogP contribution is -2.11. The number of halogens is 1. The third kappa shape index (κ3) is 3.69. The zero-order valence-electron chi connectivity index (χ0n) is 12.7. The molecule has 0 atom stereocenters. The Morgan fingerprint density at radius 2 is 1.52 bits per heavy atom. The minimum absolute atomic E-state index is 0.105. The number of rotatable bonds is 3. The molecule has 1 amide bonds. The van der Waals surface area contributed by atoms with Gasteiger partial charge in [0.2, 0.25) is 0 Å². The van der Waals surface area contributed by atoms with Gasteiger partial charge in [0.25, 0.3) is 5.91 Å². The summed E-state index contributed by atoms with van der Waals surface area (Å²) in [5.74, 6) is -0.105. The van der Waals surface area contributed by atoms with E-state index in [9.17, 15) is 4.79 Å². The Kier molecular flexibility index (Phi) is 4.58. The van der Waals surface area contributed by atoms with Crippen LogP contribution in [0.1, 0.15) is 15.9 Å². The smallest absolute Gasteiger partial charge is 0.255 e. The Morgan fingerprint density at radius 3 is 2.17 bits per heavy atom. The first-order valence-electron chi connectivity index (χ1n) is 7.36. The molecule has 3 heteroatoms. The van der Waals surface area contributed by atoms with E-state index in [4.69, 9.17) is 0 Å². The van der Waals surface area contributed by atoms with Gasteiger partial charge in [-0.2, -0.15) is 0 Å². The Labute approximate surface area is 144 Å². The van der Waals surface area contributed by atoms with Gasteiger partial charge in [-0.25, -0.2) is 0 Å². The quantitative estimate of drug-likeness (QED) is 0.635. The van der Waals surface area contributed by atoms with Gasteiger partial charge in [-0.05, 0) is 53.9 Å². The molecule has 2 nitrogen and oxygen atoms in total. The number of carbonyl (C=O) groups is 1. The lowest BCUT2D eigenvalue weighted by Gasteiger charge is -2.08. The predicted molar refractivity (Wildman–Crippen MR) is 98.7 cm³/mol. The molecule has 3 aromatic carbocycles. The molecule has 0 bridgehead atoms. The lowest BCUT2D eigenvalue weighted by molar-refractivity contribution is 0.102. The zero-order valence-corrected chi connectivity index (χ0v) is 14.3. The molecule has 0 spiro atoms. The highest BCUT2D eigenvalue weighted by atomic mass is 79.9. The summed E-state index contributed by atoms with van der Waals surface area (Å²) >= 11 is 3.46. The molecule has 1 N–H and O–H groups in total. The molecule has 3 rings (SSSR count). The van der Waals surface area contributed by atoms with Crippen LogP contribution in [0.3, 0.4) is 0 Å². The molecule has 0 fully saturated rings. The Hall–Kier alpha value is -2.39. The highest BCUT2D eigenvalue weighted by Gasteiger charge is 2.07. The predicted octanol–water partition coefficient (Wildman–Crippen LogP) is 5.68. The van der Waals surface area contributed by atoms with E-state index in [0.29, 0.717) is 5.56 Å². The average molecular weight is 366 g/mol. The summed E-state index contributed by atoms with van der Waals surface area (Å²) in [6, 6.07) is 23.5. The molecule has 0 aliphatic carbocycles. The molecule has 3 aromatic rings. The second kappa shape index (κ2) is 6.80. The van der Waals surface area contributed by atoms with Gasteiger partial charge in [0.1, 0.15) is 0 Å². The van der Waals surface area contributed by atoms with Crippen molar-refractivity contribution in [2.24, 2.45) is 0 Å². The van der Waals surface area contributed by atoms with E-state index in [2.05, 4.69) is 33.4 Å². The SMILES string of the molecule is Cc1cc(NC(=O)c2ccc(-c3ccccc3)cc2)ccc1Br. The summed E-state index contributed by atoms with van der Waals surface area (Å²) < 4.78 is 1.03. The number of benzene rings is 3. The third-order valence-corrected chi connectivity index (χ3v) is 4.56. The van der Waals surface area contributed by atoms with Gasteiger partial charge in [0.15, 0.2) is 0 Å². The molecule has 0 heterocycles. The normalized spacial score (nSPS) is 10.3. The van der Waals surface area contributed by atoms with E-state index in [-0.39, 0.29) is 5.91 Å². The van der Waals surface area contributed by atoms with E-state index >= 15 is 0 Å². The minimum atomic E-state index is -0.105. The van der Waals surface area contributed by atoms with Gasteiger partial charge in [0, 0.05) is 15.7 Å². The summed E-state index contributed by atoms with van der Waals surface area (Å²) in [5, 5.41) is 2.93. The number of anilines is 1. The first-order valence-corrected chi connectivity index (χ1v) is 8.16. The molecule has 0 saturated heterocycles. The number of amides is 1. The van der Waals surface area contributed by atoms with Crippen LogP contribution in [0, 0.1) is 6.92 Å². The maximum Gasteiger partial charge on any atom is 0.255 e. The van der Waals surface area contributed by atoms with Crippen molar-refractivity contribution in [3.8, 4) is 11.1 Å². The van der Waals surface area contributed by atoms with E-state index < -0.39 is 0 Å². The molecular weight excluding hydrogens is 350 g/mol. The number of aryl methyl sites for hydroxylation is 1. The topological polar surface area (TPSA) is 29.1 Å². The molecule has 0 aromatic heterocycles. The number of nitrogens with one attached hydrogen (secondary N) is 1. The summed E-state index contributed by atoms with van der Waals surface area (Å²) in [6.07, 6.45) is 0. The van der Waals surface area contributed by atoms with E-state index in [1.165, 1.54) is 0 Å². The lowest BCUT2D eigenvalue weighted by atomic mass is 10.0. The summed E-state index contributed by atoms with van der Waals surface area (Å²) in [4.78, 5) is 12.3. The summed E-state index contributed by atoms with van der Waals surface area (Å²) in [6.45, 7) is 1.99. The van der Waals surface area contributed by atoms with Crippen LogP contribution >= 0.6 is 15.9 Å². The maximum absolute atomic E-state index is 12.3. The molecule has 0 aliphatic heterocycles. The van der Waals surface area contributed by atoms with Crippen LogP contribution in [0.25, 0.3) is 11.1 Å². The minimum Gasteiger partial charge on any atom is -0.322 e. The first-order chi connectivity index (χ1) is 11.1. The van der Waals surface area contributed by atoms with Crippen LogP contribution in [0.5, 0.6) is 0 Å². The second-order valence-electron chi connectivity index (χ2n) is 5.36. The third-order valence-electron chi connectivity index (χ3n) is 3.67.